The van der Waals surface area contributed by atoms with E-state index < -0.39 is 0 Å². The molecule has 0 spiro atoms. The highest BCUT2D eigenvalue weighted by Crippen LogP contribution is 2.20. The maximum Gasteiger partial charge on any atom is 0.0636 e. The van der Waals surface area contributed by atoms with Gasteiger partial charge in [0.2, 0.25) is 0 Å². The number of nitrogens with zero attached hydrogens (tertiary/aromatic N) is 2. The molecule has 0 radical (unpaired) electrons. The minimum absolute atomic E-state index is 0.253. The molecule has 78 valence electrons. The number of aromatic nitrogens is 2. The summed E-state index contributed by atoms with van der Waals surface area (Å²) in [4.78, 5) is 0. The minimum atomic E-state index is 0.253. The van der Waals surface area contributed by atoms with Gasteiger partial charge in [0.15, 0.2) is 0 Å². The van der Waals surface area contributed by atoms with Gasteiger partial charge in [-0.05, 0) is 30.9 Å². The van der Waals surface area contributed by atoms with Crippen LogP contribution in [0.25, 0.3) is 6.08 Å². The Morgan fingerprint density at radius 2 is 1.93 bits per heavy atom. The molecule has 0 amide bonds. The topological polar surface area (TPSA) is 17.8 Å². The molecule has 0 fully saturated rings. The smallest absolute Gasteiger partial charge is 0.0636 e. The van der Waals surface area contributed by atoms with E-state index in [1.807, 2.05) is 13.0 Å². The summed E-state index contributed by atoms with van der Waals surface area (Å²) in [7, 11) is 0. The number of rotatable bonds is 2. The summed E-state index contributed by atoms with van der Waals surface area (Å²) in [5.74, 6) is 0. The van der Waals surface area contributed by atoms with E-state index in [0.29, 0.717) is 0 Å². The first kappa shape index (κ1) is 11.0. The van der Waals surface area contributed by atoms with Crippen molar-refractivity contribution in [2.24, 2.45) is 5.41 Å². The maximum absolute atomic E-state index is 4.51. The lowest BCUT2D eigenvalue weighted by atomic mass is 9.97. The van der Waals surface area contributed by atoms with Crippen LogP contribution in [-0.4, -0.2) is 9.78 Å². The maximum atomic E-state index is 4.51. The molecule has 1 rings (SSSR count). The van der Waals surface area contributed by atoms with Gasteiger partial charge in [0.25, 0.3) is 0 Å². The first-order chi connectivity index (χ1) is 6.35. The van der Waals surface area contributed by atoms with Crippen LogP contribution in [0.4, 0.5) is 0 Å². The van der Waals surface area contributed by atoms with E-state index in [2.05, 4.69) is 44.1 Å². The molecule has 0 saturated heterocycles. The van der Waals surface area contributed by atoms with Gasteiger partial charge in [0, 0.05) is 6.54 Å². The minimum Gasteiger partial charge on any atom is -0.264 e. The Balaban J connectivity index is 3.09. The predicted octanol–water partition coefficient (Wildman–Crippen LogP) is 3.19. The van der Waals surface area contributed by atoms with Crippen LogP contribution in [0, 0.1) is 19.3 Å². The summed E-state index contributed by atoms with van der Waals surface area (Å²) in [6, 6.07) is 0. The average Bonchev–Trinajstić information content (AvgIpc) is 2.24. The lowest BCUT2D eigenvalue weighted by Crippen LogP contribution is -2.17. The van der Waals surface area contributed by atoms with Gasteiger partial charge < -0.3 is 0 Å². The Labute approximate surface area is 86.6 Å². The van der Waals surface area contributed by atoms with E-state index in [0.717, 1.165) is 17.9 Å². The van der Waals surface area contributed by atoms with E-state index in [9.17, 15) is 0 Å². The zero-order valence-corrected chi connectivity index (χ0v) is 9.89. The molecule has 1 aromatic rings. The highest BCUT2D eigenvalue weighted by Gasteiger charge is 2.15. The second kappa shape index (κ2) is 3.60. The monoisotopic (exact) mass is 192 g/mol. The van der Waals surface area contributed by atoms with E-state index in [4.69, 9.17) is 0 Å². The highest BCUT2D eigenvalue weighted by molar-refractivity contribution is 5.48. The molecule has 0 atom stereocenters. The predicted molar refractivity (Wildman–Crippen MR) is 61.2 cm³/mol. The molecule has 0 aliphatic rings. The van der Waals surface area contributed by atoms with E-state index in [1.54, 1.807) is 0 Å². The van der Waals surface area contributed by atoms with Crippen LogP contribution in [0.5, 0.6) is 0 Å². The van der Waals surface area contributed by atoms with Crippen LogP contribution < -0.4 is 0 Å². The van der Waals surface area contributed by atoms with Gasteiger partial charge in [0.05, 0.1) is 11.4 Å². The highest BCUT2D eigenvalue weighted by atomic mass is 15.3. The summed E-state index contributed by atoms with van der Waals surface area (Å²) in [6.07, 6.45) is 1.89. The molecule has 0 saturated carbocycles. The molecule has 1 heterocycles. The second-order valence-corrected chi connectivity index (χ2v) is 5.02. The van der Waals surface area contributed by atoms with Gasteiger partial charge >= 0.3 is 0 Å². The molecule has 2 heteroatoms. The SMILES string of the molecule is C=Cc1c(C)c(C)nn1CC(C)(C)C. The third-order valence-electron chi connectivity index (χ3n) is 2.29. The zero-order chi connectivity index (χ0) is 10.9. The van der Waals surface area contributed by atoms with Gasteiger partial charge in [-0.25, -0.2) is 0 Å². The Morgan fingerprint density at radius 3 is 2.36 bits per heavy atom. The summed E-state index contributed by atoms with van der Waals surface area (Å²) < 4.78 is 2.05. The average molecular weight is 192 g/mol. The Hall–Kier alpha value is -1.05. The van der Waals surface area contributed by atoms with Gasteiger partial charge in [-0.2, -0.15) is 5.10 Å². The van der Waals surface area contributed by atoms with Crippen molar-refractivity contribution in [1.29, 1.82) is 0 Å². The molecule has 0 bridgehead atoms. The first-order valence-corrected chi connectivity index (χ1v) is 5.01. The molecule has 1 aromatic heterocycles. The van der Waals surface area contributed by atoms with Crippen molar-refractivity contribution in [3.8, 4) is 0 Å². The van der Waals surface area contributed by atoms with E-state index in [-0.39, 0.29) is 5.41 Å². The van der Waals surface area contributed by atoms with Crippen molar-refractivity contribution >= 4 is 6.08 Å². The third kappa shape index (κ3) is 2.25. The van der Waals surface area contributed by atoms with Crippen molar-refractivity contribution in [3.63, 3.8) is 0 Å². The molecule has 14 heavy (non-hydrogen) atoms. The first-order valence-electron chi connectivity index (χ1n) is 5.01. The zero-order valence-electron chi connectivity index (χ0n) is 9.89. The molecule has 0 unspecified atom stereocenters. The Kier molecular flexibility index (Phi) is 2.84. The number of aryl methyl sites for hydroxylation is 1. The summed E-state index contributed by atoms with van der Waals surface area (Å²) >= 11 is 0. The Morgan fingerprint density at radius 1 is 1.36 bits per heavy atom. The normalized spacial score (nSPS) is 11.8. The third-order valence-corrected chi connectivity index (χ3v) is 2.29. The molecule has 0 aliphatic carbocycles. The molecule has 2 nitrogen and oxygen atoms in total. The van der Waals surface area contributed by atoms with Gasteiger partial charge in [-0.15, -0.1) is 0 Å². The summed E-state index contributed by atoms with van der Waals surface area (Å²) in [5, 5.41) is 4.51. The Bertz CT molecular complexity index is 340. The van der Waals surface area contributed by atoms with Gasteiger partial charge in [0.1, 0.15) is 0 Å². The molecular weight excluding hydrogens is 172 g/mol. The van der Waals surface area contributed by atoms with E-state index >= 15 is 0 Å². The van der Waals surface area contributed by atoms with Crippen LogP contribution in [0.15, 0.2) is 6.58 Å². The molecule has 0 aliphatic heterocycles. The standard InChI is InChI=1S/C12H20N2/c1-7-11-9(2)10(3)13-14(11)8-12(4,5)6/h7H,1,8H2,2-6H3. The van der Waals surface area contributed by atoms with Crippen molar-refractivity contribution in [2.75, 3.05) is 0 Å². The number of hydrogen-bond acceptors (Lipinski definition) is 1. The van der Waals surface area contributed by atoms with Gasteiger partial charge in [-0.3, -0.25) is 4.68 Å². The lowest BCUT2D eigenvalue weighted by molar-refractivity contribution is 0.323. The molecule has 0 N–H and O–H groups in total. The fourth-order valence-corrected chi connectivity index (χ4v) is 1.52. The summed E-state index contributed by atoms with van der Waals surface area (Å²) in [6.45, 7) is 15.6. The summed E-state index contributed by atoms with van der Waals surface area (Å²) in [5.41, 5.74) is 3.74. The van der Waals surface area contributed by atoms with Crippen molar-refractivity contribution in [2.45, 2.75) is 41.2 Å². The van der Waals surface area contributed by atoms with Gasteiger partial charge in [-0.1, -0.05) is 27.4 Å². The van der Waals surface area contributed by atoms with Crippen LogP contribution in [0.2, 0.25) is 0 Å². The second-order valence-electron chi connectivity index (χ2n) is 5.02. The van der Waals surface area contributed by atoms with Crippen molar-refractivity contribution < 1.29 is 0 Å². The van der Waals surface area contributed by atoms with E-state index in [1.165, 1.54) is 5.56 Å². The van der Waals surface area contributed by atoms with Crippen molar-refractivity contribution in [1.82, 2.24) is 9.78 Å². The van der Waals surface area contributed by atoms with Crippen LogP contribution >= 0.6 is 0 Å². The fourth-order valence-electron chi connectivity index (χ4n) is 1.52. The van der Waals surface area contributed by atoms with Crippen LogP contribution in [-0.2, 0) is 6.54 Å². The quantitative estimate of drug-likeness (QED) is 0.703. The molecule has 0 aromatic carbocycles. The number of hydrogen-bond donors (Lipinski definition) is 0. The molecular formula is C12H20N2. The largest absolute Gasteiger partial charge is 0.264 e. The van der Waals surface area contributed by atoms with Crippen LogP contribution in [0.1, 0.15) is 37.7 Å². The lowest BCUT2D eigenvalue weighted by Gasteiger charge is -2.19. The van der Waals surface area contributed by atoms with Crippen molar-refractivity contribution in [3.05, 3.63) is 23.5 Å². The van der Waals surface area contributed by atoms with Crippen LogP contribution in [0.3, 0.4) is 0 Å². The fraction of sp³-hybridized carbons (Fsp3) is 0.583.